The van der Waals surface area contributed by atoms with Gasteiger partial charge in [0.1, 0.15) is 23.0 Å². The lowest BCUT2D eigenvalue weighted by Crippen LogP contribution is -2.06. The van der Waals surface area contributed by atoms with Gasteiger partial charge < -0.3 is 20.3 Å². The monoisotopic (exact) mass is 322 g/mol. The largest absolute Gasteiger partial charge is 0.457 e. The summed E-state index contributed by atoms with van der Waals surface area (Å²) in [5.41, 5.74) is 6.75. The van der Waals surface area contributed by atoms with E-state index in [1.54, 1.807) is 0 Å². The third-order valence-electron chi connectivity index (χ3n) is 3.30. The fourth-order valence-electron chi connectivity index (χ4n) is 2.14. The molecule has 6 N–H and O–H groups in total. The Balaban J connectivity index is 1.73. The highest BCUT2D eigenvalue weighted by atomic mass is 16.5. The summed E-state index contributed by atoms with van der Waals surface area (Å²) < 4.78 is 11.7. The number of benzene rings is 3. The number of nitrogens with one attached hydrogen (secondary N) is 2. The maximum Gasteiger partial charge on any atom is 0.131 e. The van der Waals surface area contributed by atoms with Gasteiger partial charge in [0.2, 0.25) is 0 Å². The second kappa shape index (κ2) is 7.36. The van der Waals surface area contributed by atoms with Crippen LogP contribution in [0.1, 0.15) is 0 Å². The highest BCUT2D eigenvalue weighted by molar-refractivity contribution is 5.49. The lowest BCUT2D eigenvalue weighted by molar-refractivity contribution is 0.460. The average molecular weight is 322 g/mol. The molecule has 0 saturated heterocycles. The summed E-state index contributed by atoms with van der Waals surface area (Å²) in [6.07, 6.45) is 0. The van der Waals surface area contributed by atoms with Crippen molar-refractivity contribution in [2.24, 2.45) is 11.7 Å². The first kappa shape index (κ1) is 15.7. The average Bonchev–Trinajstić information content (AvgIpc) is 2.63. The van der Waals surface area contributed by atoms with Crippen molar-refractivity contribution in [3.05, 3.63) is 72.8 Å². The van der Waals surface area contributed by atoms with Crippen LogP contribution in [0.4, 0.5) is 11.4 Å². The number of hydrogen-bond acceptors (Lipinski definition) is 6. The summed E-state index contributed by atoms with van der Waals surface area (Å²) in [5, 5.41) is 0. The molecule has 0 unspecified atom stereocenters. The van der Waals surface area contributed by atoms with Crippen molar-refractivity contribution in [3.63, 3.8) is 0 Å². The molecule has 6 heteroatoms. The van der Waals surface area contributed by atoms with Crippen LogP contribution in [0.15, 0.2) is 72.8 Å². The molecular weight excluding hydrogens is 304 g/mol. The van der Waals surface area contributed by atoms with Gasteiger partial charge in [-0.25, -0.2) is 0 Å². The Kier molecular flexibility index (Phi) is 4.81. The van der Waals surface area contributed by atoms with Crippen LogP contribution in [0.3, 0.4) is 0 Å². The summed E-state index contributed by atoms with van der Waals surface area (Å²) in [5.74, 6) is 13.5. The molecule has 0 saturated carbocycles. The van der Waals surface area contributed by atoms with Gasteiger partial charge in [0, 0.05) is 17.8 Å². The molecule has 0 amide bonds. The molecule has 0 atom stereocenters. The lowest BCUT2D eigenvalue weighted by Gasteiger charge is -2.10. The molecule has 6 nitrogen and oxygen atoms in total. The molecule has 0 aromatic heterocycles. The van der Waals surface area contributed by atoms with Gasteiger partial charge in [-0.05, 0) is 48.5 Å². The summed E-state index contributed by atoms with van der Waals surface area (Å²) >= 11 is 0. The first-order chi connectivity index (χ1) is 11.8. The minimum atomic E-state index is 0.668. The van der Waals surface area contributed by atoms with E-state index < -0.39 is 0 Å². The number of rotatable bonds is 6. The first-order valence-corrected chi connectivity index (χ1v) is 7.36. The van der Waals surface area contributed by atoms with Crippen molar-refractivity contribution in [1.29, 1.82) is 0 Å². The third-order valence-corrected chi connectivity index (χ3v) is 3.30. The van der Waals surface area contributed by atoms with Crippen molar-refractivity contribution >= 4 is 11.4 Å². The predicted octanol–water partition coefficient (Wildman–Crippen LogP) is 3.84. The first-order valence-electron chi connectivity index (χ1n) is 7.36. The molecule has 3 aromatic carbocycles. The molecule has 0 radical (unpaired) electrons. The second-order valence-corrected chi connectivity index (χ2v) is 5.02. The Morgan fingerprint density at radius 2 is 1.08 bits per heavy atom. The molecule has 0 heterocycles. The van der Waals surface area contributed by atoms with E-state index in [0.717, 1.165) is 11.4 Å². The number of nitrogen functional groups attached to an aromatic ring is 2. The van der Waals surface area contributed by atoms with E-state index in [9.17, 15) is 0 Å². The minimum absolute atomic E-state index is 0.668. The number of nitrogens with two attached hydrogens (primary N) is 2. The van der Waals surface area contributed by atoms with Gasteiger partial charge in [0.25, 0.3) is 0 Å². The van der Waals surface area contributed by atoms with Gasteiger partial charge in [-0.2, -0.15) is 0 Å². The summed E-state index contributed by atoms with van der Waals surface area (Å²) in [6, 6.07) is 22.1. The maximum absolute atomic E-state index is 5.83. The van der Waals surface area contributed by atoms with Gasteiger partial charge in [-0.3, -0.25) is 11.7 Å². The number of ether oxygens (including phenoxy) is 2. The van der Waals surface area contributed by atoms with Gasteiger partial charge >= 0.3 is 0 Å². The standard InChI is InChI=1S/C18H18N4O2/c19-21-13-7-9-15(10-8-13)23-17-5-2-6-18(12-17)24-16-4-1-3-14(11-16)22-20/h1-12,21-22H,19-20H2. The number of anilines is 2. The highest BCUT2D eigenvalue weighted by Crippen LogP contribution is 2.29. The molecule has 0 bridgehead atoms. The third kappa shape index (κ3) is 3.95. The molecule has 0 spiro atoms. The fraction of sp³-hybridized carbons (Fsp3) is 0. The quantitative estimate of drug-likeness (QED) is 0.407. The maximum atomic E-state index is 5.83. The van der Waals surface area contributed by atoms with Crippen LogP contribution in [0.2, 0.25) is 0 Å². The van der Waals surface area contributed by atoms with Crippen LogP contribution in [-0.4, -0.2) is 0 Å². The Labute approximate surface area is 139 Å². The van der Waals surface area contributed by atoms with E-state index in [-0.39, 0.29) is 0 Å². The normalized spacial score (nSPS) is 10.1. The zero-order valence-corrected chi connectivity index (χ0v) is 12.9. The van der Waals surface area contributed by atoms with E-state index in [1.165, 1.54) is 0 Å². The zero-order chi connectivity index (χ0) is 16.8. The molecule has 0 fully saturated rings. The topological polar surface area (TPSA) is 94.6 Å². The van der Waals surface area contributed by atoms with Gasteiger partial charge in [0.05, 0.1) is 5.69 Å². The minimum Gasteiger partial charge on any atom is -0.457 e. The molecule has 3 aromatic rings. The Bertz CT molecular complexity index is 806. The van der Waals surface area contributed by atoms with E-state index in [2.05, 4.69) is 10.9 Å². The zero-order valence-electron chi connectivity index (χ0n) is 12.9. The Morgan fingerprint density at radius 3 is 1.71 bits per heavy atom. The van der Waals surface area contributed by atoms with E-state index >= 15 is 0 Å². The van der Waals surface area contributed by atoms with Crippen LogP contribution < -0.4 is 32.0 Å². The lowest BCUT2D eigenvalue weighted by atomic mass is 10.3. The summed E-state index contributed by atoms with van der Waals surface area (Å²) in [7, 11) is 0. The Morgan fingerprint density at radius 1 is 0.542 bits per heavy atom. The van der Waals surface area contributed by atoms with Crippen LogP contribution in [0, 0.1) is 0 Å². The van der Waals surface area contributed by atoms with Crippen molar-refractivity contribution in [2.45, 2.75) is 0 Å². The van der Waals surface area contributed by atoms with Crippen LogP contribution in [0.25, 0.3) is 0 Å². The molecule has 0 aliphatic rings. The van der Waals surface area contributed by atoms with Crippen molar-refractivity contribution in [1.82, 2.24) is 0 Å². The molecule has 0 aliphatic carbocycles. The van der Waals surface area contributed by atoms with E-state index in [1.807, 2.05) is 72.8 Å². The van der Waals surface area contributed by atoms with Gasteiger partial charge in [-0.1, -0.05) is 12.1 Å². The van der Waals surface area contributed by atoms with E-state index in [0.29, 0.717) is 23.0 Å². The predicted molar refractivity (Wildman–Crippen MR) is 95.1 cm³/mol. The number of hydrazine groups is 2. The van der Waals surface area contributed by atoms with Crippen molar-refractivity contribution < 1.29 is 9.47 Å². The Hall–Kier alpha value is -3.22. The molecule has 24 heavy (non-hydrogen) atoms. The SMILES string of the molecule is NNc1ccc(Oc2cccc(Oc3cccc(NN)c3)c2)cc1. The summed E-state index contributed by atoms with van der Waals surface area (Å²) in [4.78, 5) is 0. The fourth-order valence-corrected chi connectivity index (χ4v) is 2.14. The molecule has 0 aliphatic heterocycles. The van der Waals surface area contributed by atoms with Crippen LogP contribution in [-0.2, 0) is 0 Å². The number of hydrogen-bond donors (Lipinski definition) is 4. The molecule has 122 valence electrons. The second-order valence-electron chi connectivity index (χ2n) is 5.02. The smallest absolute Gasteiger partial charge is 0.131 e. The van der Waals surface area contributed by atoms with E-state index in [4.69, 9.17) is 21.2 Å². The molecule has 3 rings (SSSR count). The van der Waals surface area contributed by atoms with Gasteiger partial charge in [-0.15, -0.1) is 0 Å². The van der Waals surface area contributed by atoms with Crippen LogP contribution >= 0.6 is 0 Å². The van der Waals surface area contributed by atoms with Crippen molar-refractivity contribution in [2.75, 3.05) is 10.9 Å². The van der Waals surface area contributed by atoms with Crippen molar-refractivity contribution in [3.8, 4) is 23.0 Å². The summed E-state index contributed by atoms with van der Waals surface area (Å²) in [6.45, 7) is 0. The van der Waals surface area contributed by atoms with Gasteiger partial charge in [0.15, 0.2) is 0 Å². The molecular formula is C18H18N4O2. The van der Waals surface area contributed by atoms with Crippen LogP contribution in [0.5, 0.6) is 23.0 Å². The highest BCUT2D eigenvalue weighted by Gasteiger charge is 2.02.